The molecule has 0 bridgehead atoms. The van der Waals surface area contributed by atoms with Gasteiger partial charge in [0.25, 0.3) is 5.91 Å². The molecule has 0 aliphatic heterocycles. The van der Waals surface area contributed by atoms with Crippen LogP contribution in [0.4, 0.5) is 0 Å². The summed E-state index contributed by atoms with van der Waals surface area (Å²) in [7, 11) is 0. The van der Waals surface area contributed by atoms with Crippen molar-refractivity contribution in [1.29, 1.82) is 0 Å². The Kier molecular flexibility index (Phi) is 3.77. The molecule has 0 unspecified atom stereocenters. The van der Waals surface area contributed by atoms with Crippen LogP contribution < -0.4 is 5.32 Å². The van der Waals surface area contributed by atoms with E-state index in [-0.39, 0.29) is 5.91 Å². The molecule has 1 aliphatic rings. The van der Waals surface area contributed by atoms with Gasteiger partial charge in [0.05, 0.1) is 0 Å². The Morgan fingerprint density at radius 2 is 1.95 bits per heavy atom. The Bertz CT molecular complexity index is 606. The number of aryl methyl sites for hydroxylation is 1. The van der Waals surface area contributed by atoms with Crippen LogP contribution in [0.1, 0.15) is 54.6 Å². The number of benzene rings is 1. The molecular weight excluding hydrogens is 248 g/mol. The monoisotopic (exact) mass is 270 g/mol. The third kappa shape index (κ3) is 2.72. The fourth-order valence-electron chi connectivity index (χ4n) is 3.12. The van der Waals surface area contributed by atoms with Gasteiger partial charge in [-0.2, -0.15) is 0 Å². The van der Waals surface area contributed by atoms with Crippen LogP contribution in [0.15, 0.2) is 24.3 Å². The van der Waals surface area contributed by atoms with Crippen LogP contribution in [0.25, 0.3) is 10.9 Å². The van der Waals surface area contributed by atoms with Crippen molar-refractivity contribution in [2.75, 3.05) is 0 Å². The fourth-order valence-corrected chi connectivity index (χ4v) is 3.12. The molecule has 3 nitrogen and oxygen atoms in total. The number of rotatable bonds is 2. The van der Waals surface area contributed by atoms with Crippen LogP contribution in [0.5, 0.6) is 0 Å². The number of carbonyl (C=O) groups is 1. The van der Waals surface area contributed by atoms with E-state index in [1.165, 1.54) is 31.2 Å². The minimum Gasteiger partial charge on any atom is -0.351 e. The highest BCUT2D eigenvalue weighted by Crippen LogP contribution is 2.20. The number of H-pyrrole nitrogens is 1. The van der Waals surface area contributed by atoms with Crippen LogP contribution in [-0.2, 0) is 0 Å². The summed E-state index contributed by atoms with van der Waals surface area (Å²) in [6, 6.07) is 8.42. The summed E-state index contributed by atoms with van der Waals surface area (Å²) in [5.41, 5.74) is 2.92. The maximum atomic E-state index is 12.4. The van der Waals surface area contributed by atoms with E-state index in [4.69, 9.17) is 0 Å². The first-order chi connectivity index (χ1) is 9.74. The Morgan fingerprint density at radius 1 is 1.20 bits per heavy atom. The first kappa shape index (κ1) is 13.2. The highest BCUT2D eigenvalue weighted by atomic mass is 16.1. The third-order valence-corrected chi connectivity index (χ3v) is 4.32. The second-order valence-corrected chi connectivity index (χ2v) is 5.88. The third-order valence-electron chi connectivity index (χ3n) is 4.32. The number of fused-ring (bicyclic) bond motifs is 1. The highest BCUT2D eigenvalue weighted by molar-refractivity contribution is 5.98. The molecule has 3 heteroatoms. The lowest BCUT2D eigenvalue weighted by atomic mass is 10.1. The largest absolute Gasteiger partial charge is 0.351 e. The zero-order chi connectivity index (χ0) is 13.9. The van der Waals surface area contributed by atoms with Gasteiger partial charge < -0.3 is 10.3 Å². The molecule has 2 N–H and O–H groups in total. The molecule has 0 spiro atoms. The first-order valence-electron chi connectivity index (χ1n) is 7.63. The van der Waals surface area contributed by atoms with Gasteiger partial charge in [-0.1, -0.05) is 37.8 Å². The summed E-state index contributed by atoms with van der Waals surface area (Å²) in [6.07, 6.45) is 7.30. The molecular formula is C17H22N2O. The maximum absolute atomic E-state index is 12.4. The summed E-state index contributed by atoms with van der Waals surface area (Å²) in [5.74, 6) is 0.0347. The van der Waals surface area contributed by atoms with Crippen molar-refractivity contribution < 1.29 is 4.79 Å². The van der Waals surface area contributed by atoms with Crippen molar-refractivity contribution in [3.63, 3.8) is 0 Å². The van der Waals surface area contributed by atoms with Crippen molar-refractivity contribution in [2.24, 2.45) is 0 Å². The van der Waals surface area contributed by atoms with Gasteiger partial charge in [-0.25, -0.2) is 0 Å². The normalized spacial score (nSPS) is 17.1. The minimum absolute atomic E-state index is 0.0347. The lowest BCUT2D eigenvalue weighted by molar-refractivity contribution is 0.0929. The SMILES string of the molecule is Cc1cccc2[nH]c(C(=O)NC3CCCCCC3)cc12. The average Bonchev–Trinajstić information content (AvgIpc) is 2.72. The van der Waals surface area contributed by atoms with E-state index in [1.54, 1.807) is 0 Å². The van der Waals surface area contributed by atoms with Crippen LogP contribution >= 0.6 is 0 Å². The van der Waals surface area contributed by atoms with E-state index >= 15 is 0 Å². The van der Waals surface area contributed by atoms with Gasteiger partial charge in [-0.3, -0.25) is 4.79 Å². The molecule has 3 rings (SSSR count). The van der Waals surface area contributed by atoms with Gasteiger partial charge in [-0.15, -0.1) is 0 Å². The standard InChI is InChI=1S/C17H22N2O/c1-12-7-6-10-15-14(12)11-16(19-15)17(20)18-13-8-4-2-3-5-9-13/h6-7,10-11,13,19H,2-5,8-9H2,1H3,(H,18,20). The van der Waals surface area contributed by atoms with Gasteiger partial charge in [0.15, 0.2) is 0 Å². The predicted molar refractivity (Wildman–Crippen MR) is 82.0 cm³/mol. The van der Waals surface area contributed by atoms with Crippen molar-refractivity contribution in [3.05, 3.63) is 35.5 Å². The molecule has 2 aromatic rings. The number of nitrogens with one attached hydrogen (secondary N) is 2. The summed E-state index contributed by atoms with van der Waals surface area (Å²) in [6.45, 7) is 2.07. The molecule has 1 saturated carbocycles. The second-order valence-electron chi connectivity index (χ2n) is 5.88. The van der Waals surface area contributed by atoms with Crippen molar-refractivity contribution in [2.45, 2.75) is 51.5 Å². The Hall–Kier alpha value is -1.77. The lowest BCUT2D eigenvalue weighted by Gasteiger charge is -2.15. The van der Waals surface area contributed by atoms with Gasteiger partial charge in [0.1, 0.15) is 5.69 Å². The molecule has 106 valence electrons. The first-order valence-corrected chi connectivity index (χ1v) is 7.63. The second kappa shape index (κ2) is 5.70. The van der Waals surface area contributed by atoms with Gasteiger partial charge >= 0.3 is 0 Å². The Labute approximate surface area is 119 Å². The van der Waals surface area contributed by atoms with Crippen LogP contribution in [0.3, 0.4) is 0 Å². The zero-order valence-electron chi connectivity index (χ0n) is 12.0. The maximum Gasteiger partial charge on any atom is 0.267 e. The topological polar surface area (TPSA) is 44.9 Å². The minimum atomic E-state index is 0.0347. The number of aromatic amines is 1. The highest BCUT2D eigenvalue weighted by Gasteiger charge is 2.17. The van der Waals surface area contributed by atoms with E-state index in [0.29, 0.717) is 11.7 Å². The predicted octanol–water partition coefficient (Wildman–Crippen LogP) is 3.93. The van der Waals surface area contributed by atoms with Crippen molar-refractivity contribution in [3.8, 4) is 0 Å². The number of amides is 1. The average molecular weight is 270 g/mol. The summed E-state index contributed by atoms with van der Waals surface area (Å²) >= 11 is 0. The Morgan fingerprint density at radius 3 is 2.65 bits per heavy atom. The van der Waals surface area contributed by atoms with E-state index in [2.05, 4.69) is 23.3 Å². The number of carbonyl (C=O) groups excluding carboxylic acids is 1. The summed E-state index contributed by atoms with van der Waals surface area (Å²) in [4.78, 5) is 15.6. The zero-order valence-corrected chi connectivity index (χ0v) is 12.0. The van der Waals surface area contributed by atoms with Gasteiger partial charge in [-0.05, 0) is 37.5 Å². The van der Waals surface area contributed by atoms with Crippen LogP contribution in [0.2, 0.25) is 0 Å². The number of aromatic nitrogens is 1. The van der Waals surface area contributed by atoms with Crippen molar-refractivity contribution >= 4 is 16.8 Å². The van der Waals surface area contributed by atoms with Gasteiger partial charge in [0.2, 0.25) is 0 Å². The molecule has 1 heterocycles. The van der Waals surface area contributed by atoms with Crippen LogP contribution in [0, 0.1) is 6.92 Å². The van der Waals surface area contributed by atoms with Gasteiger partial charge in [0, 0.05) is 16.9 Å². The quantitative estimate of drug-likeness (QED) is 0.798. The molecule has 0 saturated heterocycles. The Balaban J connectivity index is 1.76. The number of hydrogen-bond donors (Lipinski definition) is 2. The van der Waals surface area contributed by atoms with Crippen LogP contribution in [-0.4, -0.2) is 16.9 Å². The molecule has 1 aromatic heterocycles. The summed E-state index contributed by atoms with van der Waals surface area (Å²) < 4.78 is 0. The van der Waals surface area contributed by atoms with E-state index in [0.717, 1.165) is 23.7 Å². The lowest BCUT2D eigenvalue weighted by Crippen LogP contribution is -2.34. The van der Waals surface area contributed by atoms with E-state index in [9.17, 15) is 4.79 Å². The van der Waals surface area contributed by atoms with E-state index in [1.807, 2.05) is 18.2 Å². The van der Waals surface area contributed by atoms with E-state index < -0.39 is 0 Å². The molecule has 0 atom stereocenters. The molecule has 1 aliphatic carbocycles. The summed E-state index contributed by atoms with van der Waals surface area (Å²) in [5, 5.41) is 4.32. The number of hydrogen-bond acceptors (Lipinski definition) is 1. The fraction of sp³-hybridized carbons (Fsp3) is 0.471. The molecule has 0 radical (unpaired) electrons. The smallest absolute Gasteiger partial charge is 0.267 e. The molecule has 1 aromatic carbocycles. The van der Waals surface area contributed by atoms with Crippen molar-refractivity contribution in [1.82, 2.24) is 10.3 Å². The molecule has 1 fully saturated rings. The molecule has 1 amide bonds. The molecule has 20 heavy (non-hydrogen) atoms.